The molecule has 0 heterocycles. The highest BCUT2D eigenvalue weighted by molar-refractivity contribution is 6.16. The van der Waals surface area contributed by atoms with E-state index in [1.807, 2.05) is 0 Å². The predicted molar refractivity (Wildman–Crippen MR) is 37.4 cm³/mol. The first-order chi connectivity index (χ1) is 5.00. The van der Waals surface area contributed by atoms with E-state index in [0.29, 0.717) is 0 Å². The second kappa shape index (κ2) is 3.70. The molecule has 5 nitrogen and oxygen atoms in total. The molecule has 0 radical (unpaired) electrons. The molecule has 0 aliphatic carbocycles. The maximum atomic E-state index is 10.8. The van der Waals surface area contributed by atoms with Gasteiger partial charge in [-0.3, -0.25) is 14.4 Å². The van der Waals surface area contributed by atoms with Gasteiger partial charge in [0, 0.05) is 7.05 Å². The number of amides is 2. The van der Waals surface area contributed by atoms with Crippen LogP contribution in [0.4, 0.5) is 0 Å². The van der Waals surface area contributed by atoms with Gasteiger partial charge in [-0.05, 0) is 6.92 Å². The second-order valence-electron chi connectivity index (χ2n) is 2.06. The molecule has 0 bridgehead atoms. The second-order valence-corrected chi connectivity index (χ2v) is 2.06. The van der Waals surface area contributed by atoms with Crippen molar-refractivity contribution >= 4 is 17.6 Å². The first-order valence-corrected chi connectivity index (χ1v) is 3.02. The molecule has 0 aliphatic rings. The zero-order valence-electron chi connectivity index (χ0n) is 6.38. The van der Waals surface area contributed by atoms with E-state index < -0.39 is 23.5 Å². The van der Waals surface area contributed by atoms with Gasteiger partial charge in [-0.2, -0.15) is 0 Å². The molecule has 0 aromatic rings. The number of carbonyl (C=O) groups is 3. The molecule has 0 aliphatic heterocycles. The van der Waals surface area contributed by atoms with Crippen LogP contribution in [0.3, 0.4) is 0 Å². The molecule has 0 spiro atoms. The third kappa shape index (κ3) is 2.37. The van der Waals surface area contributed by atoms with Crippen molar-refractivity contribution in [1.82, 2.24) is 5.32 Å². The molecule has 0 aromatic heterocycles. The number of primary amides is 1. The molecule has 1 unspecified atom stereocenters. The molecule has 0 fully saturated rings. The summed E-state index contributed by atoms with van der Waals surface area (Å²) in [5.41, 5.74) is 4.79. The number of nitrogens with one attached hydrogen (secondary N) is 1. The van der Waals surface area contributed by atoms with Crippen molar-refractivity contribution in [2.24, 2.45) is 11.7 Å². The van der Waals surface area contributed by atoms with Gasteiger partial charge in [0.2, 0.25) is 11.8 Å². The molecule has 1 atom stereocenters. The van der Waals surface area contributed by atoms with Gasteiger partial charge < -0.3 is 11.1 Å². The van der Waals surface area contributed by atoms with Crippen LogP contribution in [-0.2, 0) is 14.4 Å². The number of hydrogen-bond acceptors (Lipinski definition) is 3. The van der Waals surface area contributed by atoms with Crippen LogP contribution < -0.4 is 11.1 Å². The highest BCUT2D eigenvalue weighted by atomic mass is 16.2. The minimum absolute atomic E-state index is 0.545. The van der Waals surface area contributed by atoms with E-state index in [2.05, 4.69) is 5.32 Å². The Morgan fingerprint density at radius 3 is 1.91 bits per heavy atom. The Bertz CT molecular complexity index is 186. The van der Waals surface area contributed by atoms with Gasteiger partial charge in [0.15, 0.2) is 11.7 Å². The Morgan fingerprint density at radius 2 is 1.82 bits per heavy atom. The molecular formula is C6H10N2O3. The number of hydrogen-bond donors (Lipinski definition) is 2. The van der Waals surface area contributed by atoms with Gasteiger partial charge >= 0.3 is 0 Å². The smallest absolute Gasteiger partial charge is 0.239 e. The van der Waals surface area contributed by atoms with Crippen molar-refractivity contribution in [2.75, 3.05) is 7.05 Å². The summed E-state index contributed by atoms with van der Waals surface area (Å²) in [5.74, 6) is -3.47. The maximum Gasteiger partial charge on any atom is 0.239 e. The summed E-state index contributed by atoms with van der Waals surface area (Å²) >= 11 is 0. The largest absolute Gasteiger partial charge is 0.369 e. The molecule has 0 aromatic carbocycles. The third-order valence-corrected chi connectivity index (χ3v) is 1.20. The summed E-state index contributed by atoms with van der Waals surface area (Å²) in [4.78, 5) is 31.9. The van der Waals surface area contributed by atoms with Gasteiger partial charge in [-0.1, -0.05) is 0 Å². The van der Waals surface area contributed by atoms with Gasteiger partial charge in [-0.15, -0.1) is 0 Å². The highest BCUT2D eigenvalue weighted by Gasteiger charge is 2.27. The molecule has 3 N–H and O–H groups in total. The number of nitrogens with two attached hydrogens (primary N) is 1. The van der Waals surface area contributed by atoms with Crippen LogP contribution in [0.1, 0.15) is 6.92 Å². The van der Waals surface area contributed by atoms with E-state index in [4.69, 9.17) is 5.73 Å². The van der Waals surface area contributed by atoms with Crippen LogP contribution in [0.25, 0.3) is 0 Å². The topological polar surface area (TPSA) is 89.3 Å². The lowest BCUT2D eigenvalue weighted by atomic mass is 10.0. The van der Waals surface area contributed by atoms with Crippen molar-refractivity contribution in [2.45, 2.75) is 6.92 Å². The number of rotatable bonds is 3. The van der Waals surface area contributed by atoms with Gasteiger partial charge in [0.25, 0.3) is 0 Å². The Morgan fingerprint density at radius 1 is 1.36 bits per heavy atom. The third-order valence-electron chi connectivity index (χ3n) is 1.20. The lowest BCUT2D eigenvalue weighted by molar-refractivity contribution is -0.139. The van der Waals surface area contributed by atoms with E-state index in [9.17, 15) is 14.4 Å². The van der Waals surface area contributed by atoms with E-state index in [1.54, 1.807) is 0 Å². The Kier molecular flexibility index (Phi) is 3.23. The number of carbonyl (C=O) groups excluding carboxylic acids is 3. The summed E-state index contributed by atoms with van der Waals surface area (Å²) < 4.78 is 0. The predicted octanol–water partition coefficient (Wildman–Crippen LogP) is -1.58. The molecule has 0 saturated carbocycles. The molecule has 2 amide bonds. The maximum absolute atomic E-state index is 10.8. The van der Waals surface area contributed by atoms with Crippen LogP contribution in [0.2, 0.25) is 0 Å². The summed E-state index contributed by atoms with van der Waals surface area (Å²) in [6, 6.07) is 0. The van der Waals surface area contributed by atoms with Crippen LogP contribution >= 0.6 is 0 Å². The van der Waals surface area contributed by atoms with Crippen molar-refractivity contribution in [3.63, 3.8) is 0 Å². The highest BCUT2D eigenvalue weighted by Crippen LogP contribution is 1.96. The average Bonchev–Trinajstić information content (AvgIpc) is 1.85. The Balaban J connectivity index is 4.47. The lowest BCUT2D eigenvalue weighted by Gasteiger charge is -2.06. The fourth-order valence-corrected chi connectivity index (χ4v) is 0.658. The standard InChI is InChI=1S/C6H10N2O3/c1-3(9)4(5(7)10)6(11)8-2/h4H,1-2H3,(H2,7,10)(H,8,11). The monoisotopic (exact) mass is 158 g/mol. The zero-order chi connectivity index (χ0) is 9.02. The Hall–Kier alpha value is -1.39. The van der Waals surface area contributed by atoms with E-state index in [-0.39, 0.29) is 0 Å². The number of ketones is 1. The number of Topliss-reactive ketones (excluding diaryl/α,β-unsaturated/α-hetero) is 1. The van der Waals surface area contributed by atoms with Crippen molar-refractivity contribution in [1.29, 1.82) is 0 Å². The quantitative estimate of drug-likeness (QED) is 0.486. The van der Waals surface area contributed by atoms with Crippen LogP contribution in [0.5, 0.6) is 0 Å². The average molecular weight is 158 g/mol. The van der Waals surface area contributed by atoms with E-state index in [1.165, 1.54) is 7.05 Å². The fraction of sp³-hybridized carbons (Fsp3) is 0.500. The first kappa shape index (κ1) is 9.61. The van der Waals surface area contributed by atoms with Crippen molar-refractivity contribution < 1.29 is 14.4 Å². The minimum atomic E-state index is -1.35. The normalized spacial score (nSPS) is 11.8. The Labute approximate surface area is 63.9 Å². The van der Waals surface area contributed by atoms with Gasteiger partial charge in [0.1, 0.15) is 0 Å². The summed E-state index contributed by atoms with van der Waals surface area (Å²) in [7, 11) is 1.33. The molecule has 0 saturated heterocycles. The molecular weight excluding hydrogens is 148 g/mol. The summed E-state index contributed by atoms with van der Waals surface area (Å²) in [6.07, 6.45) is 0. The van der Waals surface area contributed by atoms with Gasteiger partial charge in [-0.25, -0.2) is 0 Å². The van der Waals surface area contributed by atoms with Crippen LogP contribution in [0, 0.1) is 5.92 Å². The van der Waals surface area contributed by atoms with E-state index in [0.717, 1.165) is 6.92 Å². The molecule has 62 valence electrons. The van der Waals surface area contributed by atoms with Crippen molar-refractivity contribution in [3.05, 3.63) is 0 Å². The SMILES string of the molecule is CNC(=O)C(C(C)=O)C(N)=O. The summed E-state index contributed by atoms with van der Waals surface area (Å²) in [5, 5.41) is 2.17. The van der Waals surface area contributed by atoms with Crippen molar-refractivity contribution in [3.8, 4) is 0 Å². The lowest BCUT2D eigenvalue weighted by Crippen LogP contribution is -2.41. The molecule has 0 rings (SSSR count). The van der Waals surface area contributed by atoms with E-state index >= 15 is 0 Å². The molecule has 11 heavy (non-hydrogen) atoms. The van der Waals surface area contributed by atoms with Crippen LogP contribution in [-0.4, -0.2) is 24.6 Å². The molecule has 5 heteroatoms. The minimum Gasteiger partial charge on any atom is -0.369 e. The first-order valence-electron chi connectivity index (χ1n) is 3.02. The van der Waals surface area contributed by atoms with Crippen LogP contribution in [0.15, 0.2) is 0 Å². The van der Waals surface area contributed by atoms with Gasteiger partial charge in [0.05, 0.1) is 0 Å². The fourth-order valence-electron chi connectivity index (χ4n) is 0.658. The zero-order valence-corrected chi connectivity index (χ0v) is 6.38. The summed E-state index contributed by atoms with van der Waals surface area (Å²) in [6.45, 7) is 1.14.